The van der Waals surface area contributed by atoms with E-state index in [0.29, 0.717) is 32.4 Å². The van der Waals surface area contributed by atoms with E-state index in [0.717, 1.165) is 0 Å². The molecule has 0 radical (unpaired) electrons. The Morgan fingerprint density at radius 3 is 2.33 bits per heavy atom. The van der Waals surface area contributed by atoms with E-state index in [1.54, 1.807) is 4.90 Å². The highest BCUT2D eigenvalue weighted by Crippen LogP contribution is 2.35. The Bertz CT molecular complexity index is 307. The van der Waals surface area contributed by atoms with Gasteiger partial charge < -0.3 is 20.5 Å². The van der Waals surface area contributed by atoms with Gasteiger partial charge in [0.1, 0.15) is 6.10 Å². The number of piperidine rings is 1. The average molecular weight is 258 g/mol. The van der Waals surface area contributed by atoms with Gasteiger partial charge in [-0.15, -0.1) is 0 Å². The molecule has 0 aromatic rings. The second-order valence-corrected chi connectivity index (χ2v) is 4.72. The predicted molar refractivity (Wildman–Crippen MR) is 66.0 cm³/mol. The SMILES string of the molecule is CCC1(C(=O)O)CCN(C(=O)C(CN)OC)CC1. The highest BCUT2D eigenvalue weighted by Gasteiger charge is 2.41. The van der Waals surface area contributed by atoms with Gasteiger partial charge in [0, 0.05) is 26.7 Å². The smallest absolute Gasteiger partial charge is 0.309 e. The van der Waals surface area contributed by atoms with Crippen molar-refractivity contribution in [2.75, 3.05) is 26.7 Å². The summed E-state index contributed by atoms with van der Waals surface area (Å²) in [6.45, 7) is 2.94. The summed E-state index contributed by atoms with van der Waals surface area (Å²) in [5, 5.41) is 9.27. The molecule has 1 unspecified atom stereocenters. The Hall–Kier alpha value is -1.14. The molecule has 1 heterocycles. The number of carbonyl (C=O) groups is 2. The van der Waals surface area contributed by atoms with Gasteiger partial charge in [-0.1, -0.05) is 6.92 Å². The maximum absolute atomic E-state index is 12.0. The van der Waals surface area contributed by atoms with Gasteiger partial charge in [-0.25, -0.2) is 0 Å². The molecule has 1 aliphatic heterocycles. The first-order valence-corrected chi connectivity index (χ1v) is 6.25. The molecular weight excluding hydrogens is 236 g/mol. The van der Waals surface area contributed by atoms with Crippen LogP contribution in [-0.2, 0) is 14.3 Å². The van der Waals surface area contributed by atoms with Crippen molar-refractivity contribution in [3.05, 3.63) is 0 Å². The Balaban J connectivity index is 2.63. The second-order valence-electron chi connectivity index (χ2n) is 4.72. The molecule has 1 fully saturated rings. The fourth-order valence-electron chi connectivity index (χ4n) is 2.38. The van der Waals surface area contributed by atoms with Crippen molar-refractivity contribution in [3.63, 3.8) is 0 Å². The standard InChI is InChI=1S/C12H22N2O4/c1-3-12(11(16)17)4-6-14(7-5-12)10(15)9(8-13)18-2/h9H,3-8,13H2,1-2H3,(H,16,17). The van der Waals surface area contributed by atoms with E-state index >= 15 is 0 Å². The van der Waals surface area contributed by atoms with E-state index in [4.69, 9.17) is 10.5 Å². The highest BCUT2D eigenvalue weighted by molar-refractivity contribution is 5.82. The van der Waals surface area contributed by atoms with E-state index in [2.05, 4.69) is 0 Å². The number of aliphatic carboxylic acids is 1. The molecule has 0 saturated carbocycles. The third-order valence-corrected chi connectivity index (χ3v) is 3.94. The van der Waals surface area contributed by atoms with Crippen LogP contribution in [0.1, 0.15) is 26.2 Å². The van der Waals surface area contributed by atoms with Crippen LogP contribution < -0.4 is 5.73 Å². The van der Waals surface area contributed by atoms with Crippen LogP contribution in [0.2, 0.25) is 0 Å². The van der Waals surface area contributed by atoms with Crippen LogP contribution in [0.4, 0.5) is 0 Å². The lowest BCUT2D eigenvalue weighted by atomic mass is 9.76. The molecule has 1 amide bonds. The number of carboxylic acids is 1. The van der Waals surface area contributed by atoms with Gasteiger partial charge in [0.15, 0.2) is 0 Å². The largest absolute Gasteiger partial charge is 0.481 e. The molecule has 1 atom stereocenters. The fraction of sp³-hybridized carbons (Fsp3) is 0.833. The number of carbonyl (C=O) groups excluding carboxylic acids is 1. The zero-order chi connectivity index (χ0) is 13.8. The lowest BCUT2D eigenvalue weighted by Gasteiger charge is -2.39. The molecule has 0 bridgehead atoms. The Morgan fingerprint density at radius 2 is 2.00 bits per heavy atom. The number of methoxy groups -OCH3 is 1. The molecule has 1 rings (SSSR count). The molecule has 1 aliphatic rings. The summed E-state index contributed by atoms with van der Waals surface area (Å²) in [4.78, 5) is 24.9. The molecular formula is C12H22N2O4. The lowest BCUT2D eigenvalue weighted by Crippen LogP contribution is -2.50. The van der Waals surface area contributed by atoms with Crippen molar-refractivity contribution in [3.8, 4) is 0 Å². The van der Waals surface area contributed by atoms with Crippen LogP contribution in [0.15, 0.2) is 0 Å². The monoisotopic (exact) mass is 258 g/mol. The first kappa shape index (κ1) is 14.9. The molecule has 104 valence electrons. The van der Waals surface area contributed by atoms with E-state index in [1.165, 1.54) is 7.11 Å². The molecule has 18 heavy (non-hydrogen) atoms. The van der Waals surface area contributed by atoms with Crippen LogP contribution in [0.5, 0.6) is 0 Å². The van der Waals surface area contributed by atoms with Crippen molar-refractivity contribution in [2.45, 2.75) is 32.3 Å². The van der Waals surface area contributed by atoms with E-state index in [1.807, 2.05) is 6.92 Å². The number of ether oxygens (including phenoxy) is 1. The zero-order valence-corrected chi connectivity index (χ0v) is 11.0. The van der Waals surface area contributed by atoms with Gasteiger partial charge in [-0.3, -0.25) is 9.59 Å². The Kier molecular flexibility index (Phi) is 5.10. The number of hydrogen-bond donors (Lipinski definition) is 2. The Morgan fingerprint density at radius 1 is 1.44 bits per heavy atom. The van der Waals surface area contributed by atoms with Crippen LogP contribution >= 0.6 is 0 Å². The second kappa shape index (κ2) is 6.15. The number of nitrogens with two attached hydrogens (primary N) is 1. The topological polar surface area (TPSA) is 92.9 Å². The number of likely N-dealkylation sites (tertiary alicyclic amines) is 1. The number of nitrogens with zero attached hydrogens (tertiary/aromatic N) is 1. The average Bonchev–Trinajstić information content (AvgIpc) is 2.39. The third-order valence-electron chi connectivity index (χ3n) is 3.94. The molecule has 6 nitrogen and oxygen atoms in total. The minimum absolute atomic E-state index is 0.143. The molecule has 6 heteroatoms. The first-order chi connectivity index (χ1) is 8.50. The summed E-state index contributed by atoms with van der Waals surface area (Å²) >= 11 is 0. The minimum Gasteiger partial charge on any atom is -0.481 e. The van der Waals surface area contributed by atoms with Gasteiger partial charge in [0.05, 0.1) is 5.41 Å². The molecule has 0 spiro atoms. The summed E-state index contributed by atoms with van der Waals surface area (Å²) in [5.41, 5.74) is 4.77. The summed E-state index contributed by atoms with van der Waals surface area (Å²) in [5.74, 6) is -0.908. The summed E-state index contributed by atoms with van der Waals surface area (Å²) < 4.78 is 5.01. The fourth-order valence-corrected chi connectivity index (χ4v) is 2.38. The van der Waals surface area contributed by atoms with Crippen molar-refractivity contribution >= 4 is 11.9 Å². The van der Waals surface area contributed by atoms with Crippen LogP contribution in [0.3, 0.4) is 0 Å². The van der Waals surface area contributed by atoms with Crippen LogP contribution in [-0.4, -0.2) is 54.7 Å². The quantitative estimate of drug-likeness (QED) is 0.727. The third kappa shape index (κ3) is 2.81. The Labute approximate surface area is 107 Å². The molecule has 0 aromatic heterocycles. The number of amides is 1. The summed E-state index contributed by atoms with van der Waals surface area (Å²) in [7, 11) is 1.45. The van der Waals surface area contributed by atoms with Crippen molar-refractivity contribution in [1.29, 1.82) is 0 Å². The molecule has 3 N–H and O–H groups in total. The van der Waals surface area contributed by atoms with Crippen molar-refractivity contribution in [2.24, 2.45) is 11.1 Å². The molecule has 0 aliphatic carbocycles. The van der Waals surface area contributed by atoms with E-state index in [-0.39, 0.29) is 12.5 Å². The van der Waals surface area contributed by atoms with Crippen molar-refractivity contribution < 1.29 is 19.4 Å². The van der Waals surface area contributed by atoms with Crippen LogP contribution in [0.25, 0.3) is 0 Å². The number of hydrogen-bond acceptors (Lipinski definition) is 4. The lowest BCUT2D eigenvalue weighted by molar-refractivity contribution is -0.156. The van der Waals surface area contributed by atoms with E-state index in [9.17, 15) is 14.7 Å². The summed E-state index contributed by atoms with van der Waals surface area (Å²) in [6, 6.07) is 0. The maximum atomic E-state index is 12.0. The minimum atomic E-state index is -0.765. The van der Waals surface area contributed by atoms with Gasteiger partial charge >= 0.3 is 5.97 Å². The normalized spacial score (nSPS) is 20.5. The first-order valence-electron chi connectivity index (χ1n) is 6.25. The van der Waals surface area contributed by atoms with Gasteiger partial charge in [0.25, 0.3) is 5.91 Å². The highest BCUT2D eigenvalue weighted by atomic mass is 16.5. The number of carboxylic acid groups (broad SMARTS) is 1. The van der Waals surface area contributed by atoms with Gasteiger partial charge in [-0.05, 0) is 19.3 Å². The number of rotatable bonds is 5. The van der Waals surface area contributed by atoms with Crippen LogP contribution in [0, 0.1) is 5.41 Å². The van der Waals surface area contributed by atoms with Gasteiger partial charge in [-0.2, -0.15) is 0 Å². The molecule has 1 saturated heterocycles. The van der Waals surface area contributed by atoms with Gasteiger partial charge in [0.2, 0.25) is 0 Å². The molecule has 0 aromatic carbocycles. The zero-order valence-electron chi connectivity index (χ0n) is 11.0. The summed E-state index contributed by atoms with van der Waals surface area (Å²) in [6.07, 6.45) is 0.954. The van der Waals surface area contributed by atoms with Crippen molar-refractivity contribution in [1.82, 2.24) is 4.90 Å². The maximum Gasteiger partial charge on any atom is 0.309 e. The van der Waals surface area contributed by atoms with E-state index < -0.39 is 17.5 Å². The predicted octanol–water partition coefficient (Wildman–Crippen LogP) is 0.0635.